The first-order valence-electron chi connectivity index (χ1n) is 7.58. The topological polar surface area (TPSA) is 85.2 Å². The summed E-state index contributed by atoms with van der Waals surface area (Å²) in [5.74, 6) is 1.80. The summed E-state index contributed by atoms with van der Waals surface area (Å²) < 4.78 is 5.44. The number of hydrogen-bond donors (Lipinski definition) is 2. The molecule has 1 heterocycles. The number of aromatic hydroxyl groups is 1. The fourth-order valence-corrected chi connectivity index (χ4v) is 2.93. The molecule has 1 aliphatic rings. The monoisotopic (exact) mass is 287 g/mol. The number of nitrogens with two attached hydrogens (primary N) is 1. The van der Waals surface area contributed by atoms with Crippen LogP contribution in [0.1, 0.15) is 55.3 Å². The maximum atomic E-state index is 9.29. The predicted octanol–water partition coefficient (Wildman–Crippen LogP) is 2.74. The van der Waals surface area contributed by atoms with Gasteiger partial charge in [-0.1, -0.05) is 36.6 Å². The van der Waals surface area contributed by atoms with Crippen LogP contribution in [0.25, 0.3) is 0 Å². The number of benzene rings is 1. The zero-order valence-electron chi connectivity index (χ0n) is 12.0. The van der Waals surface area contributed by atoms with Crippen LogP contribution in [0.2, 0.25) is 0 Å². The molecule has 3 rings (SSSR count). The van der Waals surface area contributed by atoms with Crippen molar-refractivity contribution in [2.75, 3.05) is 0 Å². The fraction of sp³-hybridized carbons (Fsp3) is 0.500. The van der Waals surface area contributed by atoms with Crippen molar-refractivity contribution in [1.29, 1.82) is 0 Å². The molecule has 5 nitrogen and oxygen atoms in total. The number of phenols is 1. The first kappa shape index (κ1) is 14.1. The molecule has 3 N–H and O–H groups in total. The van der Waals surface area contributed by atoms with Gasteiger partial charge < -0.3 is 15.4 Å². The molecule has 21 heavy (non-hydrogen) atoms. The largest absolute Gasteiger partial charge is 0.508 e. The Morgan fingerprint density at radius 1 is 1.14 bits per heavy atom. The molecule has 0 bridgehead atoms. The molecule has 5 heteroatoms. The van der Waals surface area contributed by atoms with E-state index in [-0.39, 0.29) is 17.7 Å². The van der Waals surface area contributed by atoms with Gasteiger partial charge >= 0.3 is 0 Å². The lowest BCUT2D eigenvalue weighted by Gasteiger charge is -2.16. The van der Waals surface area contributed by atoms with Crippen molar-refractivity contribution in [3.63, 3.8) is 0 Å². The predicted molar refractivity (Wildman–Crippen MR) is 79.0 cm³/mol. The van der Waals surface area contributed by atoms with Crippen molar-refractivity contribution in [3.05, 3.63) is 41.5 Å². The van der Waals surface area contributed by atoms with Gasteiger partial charge in [0.25, 0.3) is 0 Å². The SMILES string of the molecule is NC1CCCCCC1c1nc(Cc2ccc(O)cc2)no1. The second-order valence-corrected chi connectivity index (χ2v) is 5.80. The molecule has 0 spiro atoms. The van der Waals surface area contributed by atoms with Crippen LogP contribution in [0.4, 0.5) is 0 Å². The van der Waals surface area contributed by atoms with Gasteiger partial charge in [0.2, 0.25) is 5.89 Å². The van der Waals surface area contributed by atoms with Gasteiger partial charge in [0.05, 0.1) is 5.92 Å². The molecule has 1 fully saturated rings. The van der Waals surface area contributed by atoms with Crippen molar-refractivity contribution < 1.29 is 9.63 Å². The van der Waals surface area contributed by atoms with Crippen LogP contribution in [0.3, 0.4) is 0 Å². The van der Waals surface area contributed by atoms with Gasteiger partial charge in [-0.25, -0.2) is 0 Å². The molecule has 1 aliphatic carbocycles. The van der Waals surface area contributed by atoms with Crippen LogP contribution < -0.4 is 5.73 Å². The minimum atomic E-state index is 0.120. The molecule has 2 unspecified atom stereocenters. The van der Waals surface area contributed by atoms with E-state index in [0.29, 0.717) is 18.1 Å². The van der Waals surface area contributed by atoms with Crippen LogP contribution in [0.15, 0.2) is 28.8 Å². The third-order valence-corrected chi connectivity index (χ3v) is 4.17. The molecular weight excluding hydrogens is 266 g/mol. The van der Waals surface area contributed by atoms with Crippen molar-refractivity contribution in [3.8, 4) is 5.75 Å². The molecule has 0 aliphatic heterocycles. The fourth-order valence-electron chi connectivity index (χ4n) is 2.93. The van der Waals surface area contributed by atoms with Crippen molar-refractivity contribution in [2.45, 2.75) is 50.5 Å². The maximum Gasteiger partial charge on any atom is 0.231 e. The Morgan fingerprint density at radius 2 is 1.90 bits per heavy atom. The molecule has 1 aromatic carbocycles. The number of rotatable bonds is 3. The summed E-state index contributed by atoms with van der Waals surface area (Å²) in [7, 11) is 0. The number of phenolic OH excluding ortho intramolecular Hbond substituents is 1. The van der Waals surface area contributed by atoms with E-state index in [4.69, 9.17) is 10.3 Å². The smallest absolute Gasteiger partial charge is 0.231 e. The lowest BCUT2D eigenvalue weighted by molar-refractivity contribution is 0.323. The standard InChI is InChI=1S/C16H21N3O2/c17-14-5-3-1-2-4-13(14)16-18-15(19-21-16)10-11-6-8-12(20)9-7-11/h6-9,13-14,20H,1-5,10,17H2. The molecule has 1 saturated carbocycles. The third-order valence-electron chi connectivity index (χ3n) is 4.17. The summed E-state index contributed by atoms with van der Waals surface area (Å²) >= 11 is 0. The van der Waals surface area contributed by atoms with Gasteiger partial charge in [-0.2, -0.15) is 4.98 Å². The van der Waals surface area contributed by atoms with Gasteiger partial charge in [-0.05, 0) is 30.5 Å². The molecule has 1 aromatic heterocycles. The van der Waals surface area contributed by atoms with E-state index in [0.717, 1.165) is 18.4 Å². The Hall–Kier alpha value is -1.88. The Morgan fingerprint density at radius 3 is 2.71 bits per heavy atom. The van der Waals surface area contributed by atoms with Crippen LogP contribution in [0.5, 0.6) is 5.75 Å². The zero-order valence-corrected chi connectivity index (χ0v) is 12.0. The summed E-state index contributed by atoms with van der Waals surface area (Å²) in [6.45, 7) is 0. The second-order valence-electron chi connectivity index (χ2n) is 5.80. The minimum Gasteiger partial charge on any atom is -0.508 e. The van der Waals surface area contributed by atoms with Gasteiger partial charge in [-0.15, -0.1) is 0 Å². The van der Waals surface area contributed by atoms with E-state index in [1.165, 1.54) is 19.3 Å². The lowest BCUT2D eigenvalue weighted by Crippen LogP contribution is -2.27. The first-order chi connectivity index (χ1) is 10.2. The highest BCUT2D eigenvalue weighted by Gasteiger charge is 2.27. The minimum absolute atomic E-state index is 0.120. The summed E-state index contributed by atoms with van der Waals surface area (Å²) in [5, 5.41) is 13.4. The van der Waals surface area contributed by atoms with Gasteiger partial charge in [0.15, 0.2) is 5.82 Å². The van der Waals surface area contributed by atoms with E-state index in [2.05, 4.69) is 10.1 Å². The number of aromatic nitrogens is 2. The van der Waals surface area contributed by atoms with Crippen molar-refractivity contribution in [1.82, 2.24) is 10.1 Å². The van der Waals surface area contributed by atoms with Crippen LogP contribution >= 0.6 is 0 Å². The first-order valence-corrected chi connectivity index (χ1v) is 7.58. The molecule has 2 aromatic rings. The highest BCUT2D eigenvalue weighted by Crippen LogP contribution is 2.30. The highest BCUT2D eigenvalue weighted by atomic mass is 16.5. The average molecular weight is 287 g/mol. The molecule has 0 amide bonds. The molecule has 0 saturated heterocycles. The van der Waals surface area contributed by atoms with Crippen LogP contribution in [-0.4, -0.2) is 21.3 Å². The maximum absolute atomic E-state index is 9.29. The lowest BCUT2D eigenvalue weighted by atomic mass is 9.95. The Labute approximate surface area is 124 Å². The Balaban J connectivity index is 1.71. The van der Waals surface area contributed by atoms with E-state index in [1.54, 1.807) is 12.1 Å². The summed E-state index contributed by atoms with van der Waals surface area (Å²) in [5.41, 5.74) is 7.28. The second kappa shape index (κ2) is 6.26. The Kier molecular flexibility index (Phi) is 4.20. The van der Waals surface area contributed by atoms with Crippen LogP contribution in [-0.2, 0) is 6.42 Å². The number of nitrogens with zero attached hydrogens (tertiary/aromatic N) is 2. The summed E-state index contributed by atoms with van der Waals surface area (Å²) in [6.07, 6.45) is 6.26. The summed E-state index contributed by atoms with van der Waals surface area (Å²) in [6, 6.07) is 7.18. The zero-order chi connectivity index (χ0) is 14.7. The van der Waals surface area contributed by atoms with Crippen LogP contribution in [0, 0.1) is 0 Å². The third kappa shape index (κ3) is 3.42. The quantitative estimate of drug-likeness (QED) is 0.848. The van der Waals surface area contributed by atoms with E-state index < -0.39 is 0 Å². The van der Waals surface area contributed by atoms with Crippen molar-refractivity contribution >= 4 is 0 Å². The van der Waals surface area contributed by atoms with Gasteiger partial charge in [0.1, 0.15) is 5.75 Å². The normalized spacial score (nSPS) is 22.9. The van der Waals surface area contributed by atoms with E-state index >= 15 is 0 Å². The van der Waals surface area contributed by atoms with Gasteiger partial charge in [0, 0.05) is 12.5 Å². The highest BCUT2D eigenvalue weighted by molar-refractivity contribution is 5.27. The summed E-state index contributed by atoms with van der Waals surface area (Å²) in [4.78, 5) is 4.52. The molecular formula is C16H21N3O2. The molecule has 2 atom stereocenters. The van der Waals surface area contributed by atoms with E-state index in [9.17, 15) is 5.11 Å². The van der Waals surface area contributed by atoms with E-state index in [1.807, 2.05) is 12.1 Å². The van der Waals surface area contributed by atoms with Crippen molar-refractivity contribution in [2.24, 2.45) is 5.73 Å². The average Bonchev–Trinajstić information content (AvgIpc) is 2.82. The van der Waals surface area contributed by atoms with Gasteiger partial charge in [-0.3, -0.25) is 0 Å². The number of hydrogen-bond acceptors (Lipinski definition) is 5. The molecule has 0 radical (unpaired) electrons. The molecule has 112 valence electrons. The Bertz CT molecular complexity index is 579.